The molecular weight excluding hydrogens is 278 g/mol. The van der Waals surface area contributed by atoms with E-state index in [2.05, 4.69) is 32.6 Å². The average molecular weight is 294 g/mol. The largest absolute Gasteiger partial charge is 0.336 e. The number of ketones is 1. The van der Waals surface area contributed by atoms with Crippen molar-refractivity contribution in [1.29, 1.82) is 0 Å². The predicted octanol–water partition coefficient (Wildman–Crippen LogP) is 3.94. The molecule has 3 heteroatoms. The number of fused-ring (bicyclic) bond motifs is 1. The fraction of sp³-hybridized carbons (Fsp3) is 0.357. The Morgan fingerprint density at radius 3 is 2.65 bits per heavy atom. The van der Waals surface area contributed by atoms with E-state index in [1.807, 2.05) is 32.9 Å². The molecule has 0 N–H and O–H groups in total. The van der Waals surface area contributed by atoms with E-state index in [1.54, 1.807) is 0 Å². The van der Waals surface area contributed by atoms with Crippen molar-refractivity contribution >= 4 is 32.6 Å². The summed E-state index contributed by atoms with van der Waals surface area (Å²) in [5.74, 6) is 0.343. The lowest BCUT2D eigenvalue weighted by atomic mass is 10.1. The van der Waals surface area contributed by atoms with Crippen molar-refractivity contribution in [2.45, 2.75) is 27.3 Å². The third-order valence-corrected chi connectivity index (χ3v) is 4.11. The topological polar surface area (TPSA) is 22.0 Å². The van der Waals surface area contributed by atoms with E-state index in [-0.39, 0.29) is 11.7 Å². The zero-order chi connectivity index (χ0) is 12.6. The number of hydrogen-bond acceptors (Lipinski definition) is 1. The monoisotopic (exact) mass is 293 g/mol. The Kier molecular flexibility index (Phi) is 3.38. The zero-order valence-corrected chi connectivity index (χ0v) is 11.9. The van der Waals surface area contributed by atoms with Crippen LogP contribution in [0.4, 0.5) is 0 Å². The Hall–Kier alpha value is -1.09. The molecule has 0 aliphatic carbocycles. The summed E-state index contributed by atoms with van der Waals surface area (Å²) in [7, 11) is 0. The van der Waals surface area contributed by atoms with Gasteiger partial charge in [0.1, 0.15) is 0 Å². The molecule has 0 amide bonds. The van der Waals surface area contributed by atoms with Crippen LogP contribution in [0.5, 0.6) is 0 Å². The van der Waals surface area contributed by atoms with Gasteiger partial charge in [-0.1, -0.05) is 32.0 Å². The van der Waals surface area contributed by atoms with Crippen molar-refractivity contribution in [3.63, 3.8) is 0 Å². The highest BCUT2D eigenvalue weighted by Gasteiger charge is 2.15. The van der Waals surface area contributed by atoms with E-state index >= 15 is 0 Å². The number of carbonyl (C=O) groups is 1. The normalized spacial score (nSPS) is 11.4. The molecule has 0 saturated carbocycles. The number of hydrogen-bond donors (Lipinski definition) is 0. The fourth-order valence-electron chi connectivity index (χ4n) is 1.93. The molecule has 0 aliphatic rings. The van der Waals surface area contributed by atoms with Crippen molar-refractivity contribution in [3.8, 4) is 0 Å². The van der Waals surface area contributed by atoms with Crippen LogP contribution in [-0.4, -0.2) is 10.4 Å². The Morgan fingerprint density at radius 2 is 2.00 bits per heavy atom. The first-order chi connectivity index (χ1) is 8.02. The van der Waals surface area contributed by atoms with Gasteiger partial charge >= 0.3 is 0 Å². The highest BCUT2D eigenvalue weighted by atomic mass is 79.9. The van der Waals surface area contributed by atoms with Crippen LogP contribution in [0, 0.1) is 12.8 Å². The van der Waals surface area contributed by atoms with E-state index in [9.17, 15) is 4.79 Å². The van der Waals surface area contributed by atoms with Crippen molar-refractivity contribution in [2.75, 3.05) is 0 Å². The molecular formula is C14H16BrNO. The van der Waals surface area contributed by atoms with Gasteiger partial charge in [0.2, 0.25) is 0 Å². The van der Waals surface area contributed by atoms with Gasteiger partial charge in [0, 0.05) is 27.0 Å². The van der Waals surface area contributed by atoms with Gasteiger partial charge in [-0.2, -0.15) is 0 Å². The maximum Gasteiger partial charge on any atom is 0.155 e. The molecule has 1 heterocycles. The zero-order valence-electron chi connectivity index (χ0n) is 10.3. The molecule has 0 unspecified atom stereocenters. The van der Waals surface area contributed by atoms with Crippen LogP contribution in [0.15, 0.2) is 28.7 Å². The van der Waals surface area contributed by atoms with Gasteiger partial charge in [-0.15, -0.1) is 0 Å². The number of carbonyl (C=O) groups excluding carboxylic acids is 1. The summed E-state index contributed by atoms with van der Waals surface area (Å²) in [6.07, 6.45) is 0. The van der Waals surface area contributed by atoms with Gasteiger partial charge in [-0.05, 0) is 28.9 Å². The number of halogens is 1. The first-order valence-electron chi connectivity index (χ1n) is 5.78. The molecule has 17 heavy (non-hydrogen) atoms. The molecule has 2 rings (SSSR count). The molecule has 0 radical (unpaired) electrons. The minimum atomic E-state index is 0.0781. The average Bonchev–Trinajstić information content (AvgIpc) is 2.55. The van der Waals surface area contributed by atoms with Gasteiger partial charge in [0.15, 0.2) is 5.78 Å². The van der Waals surface area contributed by atoms with E-state index in [0.29, 0.717) is 6.54 Å². The number of benzene rings is 1. The van der Waals surface area contributed by atoms with Gasteiger partial charge in [0.25, 0.3) is 0 Å². The lowest BCUT2D eigenvalue weighted by Gasteiger charge is -2.09. The van der Waals surface area contributed by atoms with Crippen LogP contribution in [0.1, 0.15) is 19.5 Å². The van der Waals surface area contributed by atoms with E-state index < -0.39 is 0 Å². The summed E-state index contributed by atoms with van der Waals surface area (Å²) in [5, 5.41) is 1.17. The molecule has 90 valence electrons. The maximum atomic E-state index is 11.9. The van der Waals surface area contributed by atoms with Crippen molar-refractivity contribution in [2.24, 2.45) is 5.92 Å². The highest BCUT2D eigenvalue weighted by Crippen LogP contribution is 2.30. The van der Waals surface area contributed by atoms with Crippen molar-refractivity contribution in [3.05, 3.63) is 34.4 Å². The highest BCUT2D eigenvalue weighted by molar-refractivity contribution is 9.10. The SMILES string of the molecule is Cc1c(Br)c2ccccc2n1CC(=O)C(C)C. The second kappa shape index (κ2) is 4.65. The molecule has 2 nitrogen and oxygen atoms in total. The van der Waals surface area contributed by atoms with Crippen LogP contribution in [0.3, 0.4) is 0 Å². The third kappa shape index (κ3) is 2.16. The predicted molar refractivity (Wildman–Crippen MR) is 74.2 cm³/mol. The van der Waals surface area contributed by atoms with Crippen LogP contribution >= 0.6 is 15.9 Å². The number of rotatable bonds is 3. The molecule has 2 aromatic rings. The van der Waals surface area contributed by atoms with Gasteiger partial charge in [0.05, 0.1) is 6.54 Å². The van der Waals surface area contributed by atoms with Crippen LogP contribution in [-0.2, 0) is 11.3 Å². The minimum Gasteiger partial charge on any atom is -0.336 e. The Morgan fingerprint density at radius 1 is 1.35 bits per heavy atom. The number of nitrogens with zero attached hydrogens (tertiary/aromatic N) is 1. The summed E-state index contributed by atoms with van der Waals surface area (Å²) >= 11 is 3.60. The van der Waals surface area contributed by atoms with Crippen molar-refractivity contribution < 1.29 is 4.79 Å². The molecule has 0 atom stereocenters. The molecule has 0 fully saturated rings. The van der Waals surface area contributed by atoms with E-state index in [4.69, 9.17) is 0 Å². The van der Waals surface area contributed by atoms with Crippen LogP contribution < -0.4 is 0 Å². The van der Waals surface area contributed by atoms with E-state index in [1.165, 1.54) is 5.39 Å². The Balaban J connectivity index is 2.54. The second-order valence-corrected chi connectivity index (χ2v) is 5.42. The fourth-order valence-corrected chi connectivity index (χ4v) is 2.48. The Labute approximate surface area is 110 Å². The number of para-hydroxylation sites is 1. The van der Waals surface area contributed by atoms with Crippen molar-refractivity contribution in [1.82, 2.24) is 4.57 Å². The van der Waals surface area contributed by atoms with Crippen LogP contribution in [0.25, 0.3) is 10.9 Å². The molecule has 0 saturated heterocycles. The summed E-state index contributed by atoms with van der Waals surface area (Å²) in [6.45, 7) is 6.38. The summed E-state index contributed by atoms with van der Waals surface area (Å²) < 4.78 is 3.17. The van der Waals surface area contributed by atoms with Gasteiger partial charge in [-0.25, -0.2) is 0 Å². The minimum absolute atomic E-state index is 0.0781. The smallest absolute Gasteiger partial charge is 0.155 e. The van der Waals surface area contributed by atoms with Gasteiger partial charge < -0.3 is 4.57 Å². The first kappa shape index (κ1) is 12.4. The molecule has 0 aliphatic heterocycles. The van der Waals surface area contributed by atoms with E-state index in [0.717, 1.165) is 15.7 Å². The number of Topliss-reactive ketones (excluding diaryl/α,β-unsaturated/α-hetero) is 1. The van der Waals surface area contributed by atoms with Gasteiger partial charge in [-0.3, -0.25) is 4.79 Å². The lowest BCUT2D eigenvalue weighted by molar-refractivity contribution is -0.122. The summed E-state index contributed by atoms with van der Waals surface area (Å²) in [5.41, 5.74) is 2.23. The maximum absolute atomic E-state index is 11.9. The third-order valence-electron chi connectivity index (χ3n) is 3.11. The second-order valence-electron chi connectivity index (χ2n) is 4.62. The molecule has 1 aromatic heterocycles. The lowest BCUT2D eigenvalue weighted by Crippen LogP contribution is -2.16. The standard InChI is InChI=1S/C14H16BrNO/c1-9(2)13(17)8-16-10(3)14(15)11-6-4-5-7-12(11)16/h4-7,9H,8H2,1-3H3. The number of aromatic nitrogens is 1. The molecule has 0 bridgehead atoms. The molecule has 1 aromatic carbocycles. The first-order valence-corrected chi connectivity index (χ1v) is 6.57. The quantitative estimate of drug-likeness (QED) is 0.840. The summed E-state index contributed by atoms with van der Waals surface area (Å²) in [4.78, 5) is 11.9. The molecule has 0 spiro atoms. The Bertz CT molecular complexity index is 569. The van der Waals surface area contributed by atoms with Crippen LogP contribution in [0.2, 0.25) is 0 Å². The summed E-state index contributed by atoms with van der Waals surface area (Å²) in [6, 6.07) is 8.15.